The Balaban J connectivity index is 4.03. The quantitative estimate of drug-likeness (QED) is 0.494. The van der Waals surface area contributed by atoms with Crippen LogP contribution in [-0.4, -0.2) is 25.6 Å². The topological polar surface area (TPSA) is 36.4 Å². The second-order valence-corrected chi connectivity index (χ2v) is 4.17. The maximum atomic E-state index is 4.62. The number of nitrogens with one attached hydrogen (secondary N) is 2. The third kappa shape index (κ3) is 7.55. The van der Waals surface area contributed by atoms with Crippen LogP contribution in [0, 0.1) is 5.92 Å². The van der Waals surface area contributed by atoms with Gasteiger partial charge in [0.05, 0.1) is 0 Å². The molecule has 0 saturated heterocycles. The molecular formula is C13H29N3. The summed E-state index contributed by atoms with van der Waals surface area (Å²) in [6, 6.07) is 0. The summed E-state index contributed by atoms with van der Waals surface area (Å²) in [7, 11) is 0. The highest BCUT2D eigenvalue weighted by atomic mass is 15.2. The highest BCUT2D eigenvalue weighted by Crippen LogP contribution is 2.12. The van der Waals surface area contributed by atoms with Gasteiger partial charge in [-0.15, -0.1) is 0 Å². The van der Waals surface area contributed by atoms with Crippen LogP contribution in [0.4, 0.5) is 0 Å². The van der Waals surface area contributed by atoms with Gasteiger partial charge in [0.1, 0.15) is 0 Å². The van der Waals surface area contributed by atoms with Gasteiger partial charge < -0.3 is 10.6 Å². The van der Waals surface area contributed by atoms with Crippen molar-refractivity contribution in [3.8, 4) is 0 Å². The van der Waals surface area contributed by atoms with Gasteiger partial charge in [0.25, 0.3) is 0 Å². The zero-order valence-electron chi connectivity index (χ0n) is 11.5. The number of hydrogen-bond donors (Lipinski definition) is 2. The van der Waals surface area contributed by atoms with Crippen LogP contribution in [0.2, 0.25) is 0 Å². The van der Waals surface area contributed by atoms with Crippen molar-refractivity contribution < 1.29 is 0 Å². The SMILES string of the molecule is CCCCC(CC)CN=C(NCC)NCC. The average Bonchev–Trinajstić information content (AvgIpc) is 2.30. The number of guanidine groups is 1. The highest BCUT2D eigenvalue weighted by Gasteiger charge is 2.05. The molecule has 0 aromatic rings. The first-order valence-electron chi connectivity index (χ1n) is 6.80. The van der Waals surface area contributed by atoms with Crippen LogP contribution >= 0.6 is 0 Å². The molecule has 0 aliphatic heterocycles. The van der Waals surface area contributed by atoms with E-state index in [1.807, 2.05) is 0 Å². The fourth-order valence-corrected chi connectivity index (χ4v) is 1.65. The van der Waals surface area contributed by atoms with Crippen molar-refractivity contribution in [2.24, 2.45) is 10.9 Å². The molecule has 2 N–H and O–H groups in total. The predicted molar refractivity (Wildman–Crippen MR) is 73.0 cm³/mol. The van der Waals surface area contributed by atoms with Gasteiger partial charge in [0, 0.05) is 19.6 Å². The lowest BCUT2D eigenvalue weighted by Crippen LogP contribution is -2.37. The number of hydrogen-bond acceptors (Lipinski definition) is 1. The molecule has 0 fully saturated rings. The van der Waals surface area contributed by atoms with Crippen molar-refractivity contribution in [1.82, 2.24) is 10.6 Å². The van der Waals surface area contributed by atoms with Crippen LogP contribution in [-0.2, 0) is 0 Å². The molecule has 1 atom stereocenters. The van der Waals surface area contributed by atoms with E-state index in [4.69, 9.17) is 0 Å². The minimum absolute atomic E-state index is 0.743. The Labute approximate surface area is 101 Å². The van der Waals surface area contributed by atoms with Gasteiger partial charge in [-0.1, -0.05) is 33.1 Å². The van der Waals surface area contributed by atoms with Crippen molar-refractivity contribution in [3.63, 3.8) is 0 Å². The molecule has 0 heterocycles. The van der Waals surface area contributed by atoms with Gasteiger partial charge in [-0.3, -0.25) is 4.99 Å². The Morgan fingerprint density at radius 1 is 1.06 bits per heavy atom. The normalized spacial score (nSPS) is 12.0. The van der Waals surface area contributed by atoms with Crippen LogP contribution in [0.5, 0.6) is 0 Å². The molecular weight excluding hydrogens is 198 g/mol. The molecule has 0 aromatic heterocycles. The van der Waals surface area contributed by atoms with Crippen molar-refractivity contribution in [2.45, 2.75) is 53.4 Å². The molecule has 0 amide bonds. The molecule has 16 heavy (non-hydrogen) atoms. The Bertz CT molecular complexity index is 170. The smallest absolute Gasteiger partial charge is 0.191 e. The van der Waals surface area contributed by atoms with E-state index < -0.39 is 0 Å². The zero-order valence-corrected chi connectivity index (χ0v) is 11.5. The van der Waals surface area contributed by atoms with Gasteiger partial charge in [-0.25, -0.2) is 0 Å². The highest BCUT2D eigenvalue weighted by molar-refractivity contribution is 5.79. The first kappa shape index (κ1) is 15.3. The monoisotopic (exact) mass is 227 g/mol. The van der Waals surface area contributed by atoms with Crippen molar-refractivity contribution in [1.29, 1.82) is 0 Å². The molecule has 3 heteroatoms. The molecule has 0 rings (SSSR count). The van der Waals surface area contributed by atoms with Gasteiger partial charge in [-0.05, 0) is 26.2 Å². The molecule has 0 saturated carbocycles. The van der Waals surface area contributed by atoms with Crippen molar-refractivity contribution in [3.05, 3.63) is 0 Å². The molecule has 0 spiro atoms. The van der Waals surface area contributed by atoms with Crippen LogP contribution in [0.1, 0.15) is 53.4 Å². The summed E-state index contributed by atoms with van der Waals surface area (Å²) in [5, 5.41) is 6.52. The number of rotatable bonds is 8. The second kappa shape index (κ2) is 10.8. The van der Waals surface area contributed by atoms with E-state index in [1.54, 1.807) is 0 Å². The molecule has 0 aliphatic carbocycles. The molecule has 0 radical (unpaired) electrons. The van der Waals surface area contributed by atoms with E-state index in [2.05, 4.69) is 43.3 Å². The summed E-state index contributed by atoms with van der Waals surface area (Å²) in [4.78, 5) is 4.62. The van der Waals surface area contributed by atoms with Crippen molar-refractivity contribution >= 4 is 5.96 Å². The molecule has 0 bridgehead atoms. The van der Waals surface area contributed by atoms with E-state index in [0.717, 1.165) is 31.5 Å². The van der Waals surface area contributed by atoms with Crippen molar-refractivity contribution in [2.75, 3.05) is 19.6 Å². The van der Waals surface area contributed by atoms with Crippen LogP contribution < -0.4 is 10.6 Å². The summed E-state index contributed by atoms with van der Waals surface area (Å²) in [5.41, 5.74) is 0. The number of aliphatic imine (C=N–C) groups is 1. The summed E-state index contributed by atoms with van der Waals surface area (Å²) >= 11 is 0. The summed E-state index contributed by atoms with van der Waals surface area (Å²) in [6.07, 6.45) is 5.15. The van der Waals surface area contributed by atoms with E-state index in [-0.39, 0.29) is 0 Å². The average molecular weight is 227 g/mol. The predicted octanol–water partition coefficient (Wildman–Crippen LogP) is 2.78. The third-order valence-electron chi connectivity index (χ3n) is 2.74. The van der Waals surface area contributed by atoms with E-state index in [0.29, 0.717) is 0 Å². The Hall–Kier alpha value is -0.730. The third-order valence-corrected chi connectivity index (χ3v) is 2.74. The maximum Gasteiger partial charge on any atom is 0.191 e. The number of unbranched alkanes of at least 4 members (excludes halogenated alkanes) is 1. The molecule has 3 nitrogen and oxygen atoms in total. The Morgan fingerprint density at radius 2 is 1.69 bits per heavy atom. The maximum absolute atomic E-state index is 4.62. The Kier molecular flexibility index (Phi) is 10.3. The fourth-order valence-electron chi connectivity index (χ4n) is 1.65. The van der Waals surface area contributed by atoms with Crippen LogP contribution in [0.15, 0.2) is 4.99 Å². The summed E-state index contributed by atoms with van der Waals surface area (Å²) in [6.45, 7) is 11.5. The molecule has 0 aromatic carbocycles. The molecule has 96 valence electrons. The lowest BCUT2D eigenvalue weighted by Gasteiger charge is -2.14. The fraction of sp³-hybridized carbons (Fsp3) is 0.923. The molecule has 0 aliphatic rings. The van der Waals surface area contributed by atoms with Gasteiger partial charge in [-0.2, -0.15) is 0 Å². The molecule has 1 unspecified atom stereocenters. The first-order chi connectivity index (χ1) is 7.78. The summed E-state index contributed by atoms with van der Waals surface area (Å²) < 4.78 is 0. The van der Waals surface area contributed by atoms with Gasteiger partial charge >= 0.3 is 0 Å². The summed E-state index contributed by atoms with van der Waals surface area (Å²) in [5.74, 6) is 1.70. The van der Waals surface area contributed by atoms with Crippen LogP contribution in [0.3, 0.4) is 0 Å². The van der Waals surface area contributed by atoms with E-state index in [9.17, 15) is 0 Å². The van der Waals surface area contributed by atoms with E-state index in [1.165, 1.54) is 25.7 Å². The lowest BCUT2D eigenvalue weighted by molar-refractivity contribution is 0.461. The lowest BCUT2D eigenvalue weighted by atomic mass is 10.00. The van der Waals surface area contributed by atoms with Gasteiger partial charge in [0.15, 0.2) is 5.96 Å². The number of nitrogens with zero attached hydrogens (tertiary/aromatic N) is 1. The Morgan fingerprint density at radius 3 is 2.12 bits per heavy atom. The van der Waals surface area contributed by atoms with Gasteiger partial charge in [0.2, 0.25) is 0 Å². The van der Waals surface area contributed by atoms with Crippen LogP contribution in [0.25, 0.3) is 0 Å². The largest absolute Gasteiger partial charge is 0.357 e. The minimum atomic E-state index is 0.743. The minimum Gasteiger partial charge on any atom is -0.357 e. The van der Waals surface area contributed by atoms with E-state index >= 15 is 0 Å². The first-order valence-corrected chi connectivity index (χ1v) is 6.80. The zero-order chi connectivity index (χ0) is 12.2. The second-order valence-electron chi connectivity index (χ2n) is 4.17. The standard InChI is InChI=1S/C13H29N3/c1-5-9-10-12(6-2)11-16-13(14-7-3)15-8-4/h12H,5-11H2,1-4H3,(H2,14,15,16).